The maximum absolute atomic E-state index is 11.6. The van der Waals surface area contributed by atoms with Crippen LogP contribution in [-0.2, 0) is 0 Å². The maximum Gasteiger partial charge on any atom is 0.254 e. The summed E-state index contributed by atoms with van der Waals surface area (Å²) in [5.74, 6) is 1.32. The predicted molar refractivity (Wildman–Crippen MR) is 56.2 cm³/mol. The zero-order valence-corrected chi connectivity index (χ0v) is 9.56. The molecule has 0 aromatic carbocycles. The van der Waals surface area contributed by atoms with E-state index in [0.717, 1.165) is 6.54 Å². The van der Waals surface area contributed by atoms with E-state index in [1.54, 1.807) is 13.0 Å². The highest BCUT2D eigenvalue weighted by Gasteiger charge is 2.22. The van der Waals surface area contributed by atoms with Crippen molar-refractivity contribution in [2.75, 3.05) is 6.54 Å². The predicted octanol–water partition coefficient (Wildman–Crippen LogP) is 2.49. The highest BCUT2D eigenvalue weighted by molar-refractivity contribution is 9.10. The summed E-state index contributed by atoms with van der Waals surface area (Å²) in [5, 5.41) is 2.90. The molecule has 1 saturated carbocycles. The summed E-state index contributed by atoms with van der Waals surface area (Å²) >= 11 is 3.20. The van der Waals surface area contributed by atoms with Crippen molar-refractivity contribution in [2.45, 2.75) is 19.8 Å². The Hall–Kier alpha value is -0.770. The third kappa shape index (κ3) is 2.18. The molecule has 0 aliphatic heterocycles. The highest BCUT2D eigenvalue weighted by Crippen LogP contribution is 2.28. The number of carbonyl (C=O) groups excluding carboxylic acids is 1. The first-order valence-corrected chi connectivity index (χ1v) is 5.50. The zero-order chi connectivity index (χ0) is 10.1. The third-order valence-electron chi connectivity index (χ3n) is 2.38. The molecule has 1 aliphatic carbocycles. The van der Waals surface area contributed by atoms with E-state index in [1.165, 1.54) is 12.8 Å². The van der Waals surface area contributed by atoms with Gasteiger partial charge in [-0.15, -0.1) is 0 Å². The molecule has 14 heavy (non-hydrogen) atoms. The van der Waals surface area contributed by atoms with Gasteiger partial charge in [-0.2, -0.15) is 0 Å². The molecule has 4 heteroatoms. The molecule has 76 valence electrons. The zero-order valence-electron chi connectivity index (χ0n) is 7.97. The molecule has 1 aliphatic rings. The number of hydrogen-bond acceptors (Lipinski definition) is 2. The molecular formula is C10H12BrNO2. The van der Waals surface area contributed by atoms with Crippen LogP contribution in [0.1, 0.15) is 29.0 Å². The van der Waals surface area contributed by atoms with Crippen LogP contribution in [0, 0.1) is 12.8 Å². The molecule has 1 amide bonds. The summed E-state index contributed by atoms with van der Waals surface area (Å²) < 4.78 is 5.82. The minimum absolute atomic E-state index is 0.0381. The van der Waals surface area contributed by atoms with Gasteiger partial charge in [0, 0.05) is 12.6 Å². The van der Waals surface area contributed by atoms with Crippen LogP contribution in [0.5, 0.6) is 0 Å². The lowest BCUT2D eigenvalue weighted by Gasteiger charge is -2.01. The third-order valence-corrected chi connectivity index (χ3v) is 2.77. The van der Waals surface area contributed by atoms with Crippen LogP contribution in [-0.4, -0.2) is 12.5 Å². The molecule has 1 aromatic heterocycles. The first kappa shape index (κ1) is 9.77. The SMILES string of the molecule is Cc1oc(Br)cc1C(=O)NCC1CC1. The van der Waals surface area contributed by atoms with Crippen LogP contribution in [0.2, 0.25) is 0 Å². The Kier molecular flexibility index (Phi) is 2.63. The van der Waals surface area contributed by atoms with Gasteiger partial charge in [0.15, 0.2) is 4.67 Å². The fourth-order valence-electron chi connectivity index (χ4n) is 1.33. The molecule has 1 heterocycles. The molecule has 2 rings (SSSR count). The Balaban J connectivity index is 1.98. The van der Waals surface area contributed by atoms with Gasteiger partial charge in [-0.25, -0.2) is 0 Å². The summed E-state index contributed by atoms with van der Waals surface area (Å²) in [4.78, 5) is 11.6. The summed E-state index contributed by atoms with van der Waals surface area (Å²) in [6, 6.07) is 1.71. The minimum atomic E-state index is -0.0381. The van der Waals surface area contributed by atoms with Gasteiger partial charge in [-0.05, 0) is 41.6 Å². The first-order valence-electron chi connectivity index (χ1n) is 4.71. The van der Waals surface area contributed by atoms with Gasteiger partial charge in [-0.3, -0.25) is 4.79 Å². The smallest absolute Gasteiger partial charge is 0.254 e. The second kappa shape index (κ2) is 3.77. The Morgan fingerprint density at radius 3 is 2.93 bits per heavy atom. The lowest BCUT2D eigenvalue weighted by Crippen LogP contribution is -2.25. The van der Waals surface area contributed by atoms with Crippen LogP contribution >= 0.6 is 15.9 Å². The number of nitrogens with one attached hydrogen (secondary N) is 1. The minimum Gasteiger partial charge on any atom is -0.454 e. The molecule has 1 N–H and O–H groups in total. The van der Waals surface area contributed by atoms with Crippen LogP contribution in [0.25, 0.3) is 0 Å². The first-order chi connectivity index (χ1) is 6.66. The van der Waals surface area contributed by atoms with Gasteiger partial charge in [0.05, 0.1) is 5.56 Å². The lowest BCUT2D eigenvalue weighted by atomic mass is 10.2. The number of amides is 1. The van der Waals surface area contributed by atoms with Crippen molar-refractivity contribution < 1.29 is 9.21 Å². The van der Waals surface area contributed by atoms with Crippen molar-refractivity contribution in [3.63, 3.8) is 0 Å². The van der Waals surface area contributed by atoms with Crippen LogP contribution in [0.4, 0.5) is 0 Å². The average Bonchev–Trinajstić information content (AvgIpc) is 2.88. The number of halogens is 1. The van der Waals surface area contributed by atoms with Crippen molar-refractivity contribution in [1.82, 2.24) is 5.32 Å². The van der Waals surface area contributed by atoms with Gasteiger partial charge in [0.1, 0.15) is 5.76 Å². The molecule has 3 nitrogen and oxygen atoms in total. The topological polar surface area (TPSA) is 42.2 Å². The number of aryl methyl sites for hydroxylation is 1. The van der Waals surface area contributed by atoms with Gasteiger partial charge in [0.2, 0.25) is 0 Å². The van der Waals surface area contributed by atoms with Crippen LogP contribution < -0.4 is 5.32 Å². The van der Waals surface area contributed by atoms with E-state index in [-0.39, 0.29) is 5.91 Å². The second-order valence-electron chi connectivity index (χ2n) is 3.67. The fraction of sp³-hybridized carbons (Fsp3) is 0.500. The van der Waals surface area contributed by atoms with Crippen LogP contribution in [0.15, 0.2) is 15.2 Å². The number of furan rings is 1. The molecule has 0 radical (unpaired) electrons. The lowest BCUT2D eigenvalue weighted by molar-refractivity contribution is 0.0950. The van der Waals surface area contributed by atoms with Gasteiger partial charge in [0.25, 0.3) is 5.91 Å². The fourth-order valence-corrected chi connectivity index (χ4v) is 1.80. The van der Waals surface area contributed by atoms with Gasteiger partial charge >= 0.3 is 0 Å². The monoisotopic (exact) mass is 257 g/mol. The standard InChI is InChI=1S/C10H12BrNO2/c1-6-8(4-9(11)14-6)10(13)12-5-7-2-3-7/h4,7H,2-3,5H2,1H3,(H,12,13). The van der Waals surface area contributed by atoms with Crippen molar-refractivity contribution >= 4 is 21.8 Å². The Bertz CT molecular complexity index is 355. The van der Waals surface area contributed by atoms with E-state index >= 15 is 0 Å². The van der Waals surface area contributed by atoms with Crippen molar-refractivity contribution in [3.8, 4) is 0 Å². The van der Waals surface area contributed by atoms with Crippen molar-refractivity contribution in [3.05, 3.63) is 22.1 Å². The maximum atomic E-state index is 11.6. The summed E-state index contributed by atoms with van der Waals surface area (Å²) in [6.45, 7) is 2.58. The molecule has 1 aromatic rings. The van der Waals surface area contributed by atoms with Crippen molar-refractivity contribution in [2.24, 2.45) is 5.92 Å². The summed E-state index contributed by atoms with van der Waals surface area (Å²) in [6.07, 6.45) is 2.49. The molecular weight excluding hydrogens is 246 g/mol. The molecule has 0 atom stereocenters. The number of hydrogen-bond donors (Lipinski definition) is 1. The van der Waals surface area contributed by atoms with E-state index in [4.69, 9.17) is 4.42 Å². The van der Waals surface area contributed by atoms with Gasteiger partial charge in [-0.1, -0.05) is 0 Å². The van der Waals surface area contributed by atoms with Crippen LogP contribution in [0.3, 0.4) is 0 Å². The molecule has 1 fully saturated rings. The van der Waals surface area contributed by atoms with E-state index in [1.807, 2.05) is 0 Å². The van der Waals surface area contributed by atoms with Gasteiger partial charge < -0.3 is 9.73 Å². The largest absolute Gasteiger partial charge is 0.454 e. The van der Waals surface area contributed by atoms with E-state index in [9.17, 15) is 4.79 Å². The summed E-state index contributed by atoms with van der Waals surface area (Å²) in [5.41, 5.74) is 0.623. The number of rotatable bonds is 3. The Labute approximate surface area is 91.0 Å². The van der Waals surface area contributed by atoms with E-state index < -0.39 is 0 Å². The quantitative estimate of drug-likeness (QED) is 0.904. The number of carbonyl (C=O) groups is 1. The van der Waals surface area contributed by atoms with E-state index in [0.29, 0.717) is 21.9 Å². The molecule has 0 unspecified atom stereocenters. The normalized spacial score (nSPS) is 15.6. The average molecular weight is 258 g/mol. The Morgan fingerprint density at radius 1 is 1.71 bits per heavy atom. The van der Waals surface area contributed by atoms with Crippen molar-refractivity contribution in [1.29, 1.82) is 0 Å². The molecule has 0 spiro atoms. The molecule has 0 bridgehead atoms. The highest BCUT2D eigenvalue weighted by atomic mass is 79.9. The Morgan fingerprint density at radius 2 is 2.43 bits per heavy atom. The molecule has 0 saturated heterocycles. The second-order valence-corrected chi connectivity index (χ2v) is 4.46. The summed E-state index contributed by atoms with van der Waals surface area (Å²) in [7, 11) is 0. The van der Waals surface area contributed by atoms with E-state index in [2.05, 4.69) is 21.2 Å².